The molecule has 0 unspecified atom stereocenters. The first-order valence-electron chi connectivity index (χ1n) is 7.61. The third kappa shape index (κ3) is 5.02. The van der Waals surface area contributed by atoms with Crippen LogP contribution in [0, 0.1) is 5.82 Å². The van der Waals surface area contributed by atoms with Gasteiger partial charge in [0.15, 0.2) is 5.82 Å². The Morgan fingerprint density at radius 3 is 2.76 bits per heavy atom. The number of amides is 1. The molecule has 0 atom stereocenters. The number of anilines is 1. The van der Waals surface area contributed by atoms with Gasteiger partial charge < -0.3 is 5.32 Å². The molecule has 4 nitrogen and oxygen atoms in total. The molecule has 0 bridgehead atoms. The molecule has 1 heterocycles. The van der Waals surface area contributed by atoms with Crippen molar-refractivity contribution in [3.05, 3.63) is 88.8 Å². The van der Waals surface area contributed by atoms with Crippen LogP contribution < -0.4 is 5.32 Å². The Morgan fingerprint density at radius 1 is 1.20 bits per heavy atom. The molecule has 0 fully saturated rings. The molecule has 0 saturated heterocycles. The second-order valence-corrected chi connectivity index (χ2v) is 5.84. The maximum absolute atomic E-state index is 12.8. The van der Waals surface area contributed by atoms with E-state index in [1.165, 1.54) is 18.2 Å². The maximum Gasteiger partial charge on any atom is 0.249 e. The molecule has 3 rings (SSSR count). The van der Waals surface area contributed by atoms with Gasteiger partial charge >= 0.3 is 0 Å². The van der Waals surface area contributed by atoms with Crippen molar-refractivity contribution in [2.24, 2.45) is 0 Å². The molecule has 2 aromatic carbocycles. The van der Waals surface area contributed by atoms with E-state index in [4.69, 9.17) is 11.6 Å². The zero-order valence-corrected chi connectivity index (χ0v) is 13.9. The van der Waals surface area contributed by atoms with Crippen molar-refractivity contribution in [1.29, 1.82) is 0 Å². The number of hydrogen-bond donors (Lipinski definition) is 1. The van der Waals surface area contributed by atoms with Gasteiger partial charge in [-0.05, 0) is 41.5 Å². The summed E-state index contributed by atoms with van der Waals surface area (Å²) >= 11 is 5.96. The number of aromatic nitrogens is 2. The standard InChI is InChI=1S/C19H15ClFN3O/c20-16-3-1-2-15(12-16)13-24-11-10-18(23-24)22-19(25)9-6-14-4-7-17(21)8-5-14/h1-12H,13H2,(H,22,23,25)/b9-6+. The van der Waals surface area contributed by atoms with Gasteiger partial charge in [0.2, 0.25) is 5.91 Å². The number of carbonyl (C=O) groups excluding carboxylic acids is 1. The lowest BCUT2D eigenvalue weighted by Crippen LogP contribution is -2.09. The van der Waals surface area contributed by atoms with Crippen LogP contribution in [0.25, 0.3) is 6.08 Å². The molecule has 126 valence electrons. The maximum atomic E-state index is 12.8. The van der Waals surface area contributed by atoms with Gasteiger partial charge in [0, 0.05) is 23.4 Å². The van der Waals surface area contributed by atoms with Crippen LogP contribution in [0.1, 0.15) is 11.1 Å². The van der Waals surface area contributed by atoms with Crippen LogP contribution in [0.15, 0.2) is 66.9 Å². The largest absolute Gasteiger partial charge is 0.306 e. The average molecular weight is 356 g/mol. The first-order chi connectivity index (χ1) is 12.1. The number of hydrogen-bond acceptors (Lipinski definition) is 2. The van der Waals surface area contributed by atoms with Crippen molar-refractivity contribution < 1.29 is 9.18 Å². The lowest BCUT2D eigenvalue weighted by atomic mass is 10.2. The summed E-state index contributed by atoms with van der Waals surface area (Å²) in [6, 6.07) is 15.1. The van der Waals surface area contributed by atoms with Crippen molar-refractivity contribution in [3.8, 4) is 0 Å². The van der Waals surface area contributed by atoms with Crippen LogP contribution in [0.4, 0.5) is 10.2 Å². The van der Waals surface area contributed by atoms with E-state index in [1.807, 2.05) is 24.3 Å². The number of benzene rings is 2. The quantitative estimate of drug-likeness (QED) is 0.690. The van der Waals surface area contributed by atoms with Gasteiger partial charge in [-0.1, -0.05) is 35.9 Å². The van der Waals surface area contributed by atoms with Crippen molar-refractivity contribution in [2.75, 3.05) is 5.32 Å². The van der Waals surface area contributed by atoms with Crippen molar-refractivity contribution in [2.45, 2.75) is 6.54 Å². The summed E-state index contributed by atoms with van der Waals surface area (Å²) < 4.78 is 14.5. The van der Waals surface area contributed by atoms with Crippen LogP contribution >= 0.6 is 11.6 Å². The lowest BCUT2D eigenvalue weighted by molar-refractivity contribution is -0.111. The number of carbonyl (C=O) groups is 1. The minimum absolute atomic E-state index is 0.308. The minimum atomic E-state index is -0.313. The average Bonchev–Trinajstić information content (AvgIpc) is 3.01. The summed E-state index contributed by atoms with van der Waals surface area (Å²) in [6.45, 7) is 0.557. The highest BCUT2D eigenvalue weighted by Crippen LogP contribution is 2.12. The second-order valence-electron chi connectivity index (χ2n) is 5.40. The van der Waals surface area contributed by atoms with Crippen molar-refractivity contribution in [1.82, 2.24) is 9.78 Å². The second kappa shape index (κ2) is 7.77. The van der Waals surface area contributed by atoms with E-state index in [9.17, 15) is 9.18 Å². The summed E-state index contributed by atoms with van der Waals surface area (Å²) in [7, 11) is 0. The van der Waals surface area contributed by atoms with E-state index in [-0.39, 0.29) is 11.7 Å². The highest BCUT2D eigenvalue weighted by atomic mass is 35.5. The Kier molecular flexibility index (Phi) is 5.26. The van der Waals surface area contributed by atoms with Crippen LogP contribution in [0.5, 0.6) is 0 Å². The van der Waals surface area contributed by atoms with Gasteiger partial charge in [0.1, 0.15) is 5.82 Å². The summed E-state index contributed by atoms with van der Waals surface area (Å²) in [5, 5.41) is 7.65. The molecule has 6 heteroatoms. The molecule has 1 N–H and O–H groups in total. The summed E-state index contributed by atoms with van der Waals surface area (Å²) in [4.78, 5) is 11.9. The van der Waals surface area contributed by atoms with E-state index in [1.54, 1.807) is 35.2 Å². The van der Waals surface area contributed by atoms with Gasteiger partial charge in [0.25, 0.3) is 0 Å². The smallest absolute Gasteiger partial charge is 0.249 e. The number of halogens is 2. The number of rotatable bonds is 5. The lowest BCUT2D eigenvalue weighted by Gasteiger charge is -2.02. The van der Waals surface area contributed by atoms with Crippen LogP contribution in [-0.4, -0.2) is 15.7 Å². The van der Waals surface area contributed by atoms with Crippen molar-refractivity contribution in [3.63, 3.8) is 0 Å². The van der Waals surface area contributed by atoms with Gasteiger partial charge in [-0.3, -0.25) is 9.48 Å². The molecule has 0 saturated carbocycles. The molecule has 1 aromatic heterocycles. The van der Waals surface area contributed by atoms with E-state index < -0.39 is 0 Å². The Hall–Kier alpha value is -2.92. The third-order valence-electron chi connectivity index (χ3n) is 3.42. The van der Waals surface area contributed by atoms with Crippen molar-refractivity contribution >= 4 is 29.4 Å². The van der Waals surface area contributed by atoms with E-state index in [2.05, 4.69) is 10.4 Å². The van der Waals surface area contributed by atoms with Gasteiger partial charge in [-0.15, -0.1) is 0 Å². The first kappa shape index (κ1) is 16.9. The number of nitrogens with one attached hydrogen (secondary N) is 1. The normalized spacial score (nSPS) is 11.0. The number of nitrogens with zero attached hydrogens (tertiary/aromatic N) is 2. The molecule has 0 aliphatic heterocycles. The molecule has 0 aliphatic rings. The molecule has 0 spiro atoms. The fourth-order valence-corrected chi connectivity index (χ4v) is 2.47. The predicted molar refractivity (Wildman–Crippen MR) is 96.8 cm³/mol. The van der Waals surface area contributed by atoms with E-state index in [0.717, 1.165) is 11.1 Å². The summed E-state index contributed by atoms with van der Waals surface area (Å²) in [6.07, 6.45) is 4.77. The van der Waals surface area contributed by atoms with E-state index in [0.29, 0.717) is 17.4 Å². The van der Waals surface area contributed by atoms with E-state index >= 15 is 0 Å². The van der Waals surface area contributed by atoms with Crippen LogP contribution in [-0.2, 0) is 11.3 Å². The Balaban J connectivity index is 1.59. The fraction of sp³-hybridized carbons (Fsp3) is 0.0526. The van der Waals surface area contributed by atoms with Gasteiger partial charge in [-0.25, -0.2) is 4.39 Å². The Morgan fingerprint density at radius 2 is 2.00 bits per heavy atom. The van der Waals surface area contributed by atoms with Crippen LogP contribution in [0.2, 0.25) is 5.02 Å². The zero-order chi connectivity index (χ0) is 17.6. The Bertz CT molecular complexity index is 903. The molecule has 25 heavy (non-hydrogen) atoms. The predicted octanol–water partition coefficient (Wildman–Crippen LogP) is 4.38. The summed E-state index contributed by atoms with van der Waals surface area (Å²) in [5.41, 5.74) is 1.76. The van der Waals surface area contributed by atoms with Gasteiger partial charge in [-0.2, -0.15) is 5.10 Å². The first-order valence-corrected chi connectivity index (χ1v) is 7.99. The molecule has 0 radical (unpaired) electrons. The SMILES string of the molecule is O=C(/C=C/c1ccc(F)cc1)Nc1ccn(Cc2cccc(Cl)c2)n1. The molecular weight excluding hydrogens is 341 g/mol. The Labute approximate surface area is 149 Å². The molecule has 1 amide bonds. The molecule has 0 aliphatic carbocycles. The fourth-order valence-electron chi connectivity index (χ4n) is 2.25. The molecule has 3 aromatic rings. The van der Waals surface area contributed by atoms with Crippen LogP contribution in [0.3, 0.4) is 0 Å². The monoisotopic (exact) mass is 355 g/mol. The zero-order valence-electron chi connectivity index (χ0n) is 13.2. The molecular formula is C19H15ClFN3O. The topological polar surface area (TPSA) is 46.9 Å². The summed E-state index contributed by atoms with van der Waals surface area (Å²) in [5.74, 6) is -0.167. The minimum Gasteiger partial charge on any atom is -0.306 e. The third-order valence-corrected chi connectivity index (χ3v) is 3.66. The van der Waals surface area contributed by atoms with Gasteiger partial charge in [0.05, 0.1) is 6.54 Å². The highest BCUT2D eigenvalue weighted by molar-refractivity contribution is 6.30. The highest BCUT2D eigenvalue weighted by Gasteiger charge is 2.03.